The van der Waals surface area contributed by atoms with Crippen molar-refractivity contribution in [1.29, 1.82) is 0 Å². The molecule has 0 amide bonds. The number of nitrogens with one attached hydrogen (secondary N) is 1. The van der Waals surface area contributed by atoms with Crippen LogP contribution in [0.5, 0.6) is 0 Å². The van der Waals surface area contributed by atoms with Gasteiger partial charge in [-0.2, -0.15) is 0 Å². The lowest BCUT2D eigenvalue weighted by molar-refractivity contribution is -0.145. The van der Waals surface area contributed by atoms with Gasteiger partial charge in [0.05, 0.1) is 12.2 Å². The predicted molar refractivity (Wildman–Crippen MR) is 112 cm³/mol. The molecule has 0 spiro atoms. The Bertz CT molecular complexity index is 729. The lowest BCUT2D eigenvalue weighted by Crippen LogP contribution is -2.47. The van der Waals surface area contributed by atoms with Crippen LogP contribution in [-0.2, 0) is 19.9 Å². The molecule has 3 rings (SSSR count). The first-order valence-corrected chi connectivity index (χ1v) is 10.1. The molecule has 0 saturated heterocycles. The summed E-state index contributed by atoms with van der Waals surface area (Å²) in [5.74, 6) is -1.74. The fourth-order valence-electron chi connectivity index (χ4n) is 5.16. The zero-order valence-electron chi connectivity index (χ0n) is 17.8. The Morgan fingerprint density at radius 3 is 2.14 bits per heavy atom. The van der Waals surface area contributed by atoms with Crippen molar-refractivity contribution in [3.8, 4) is 0 Å². The quantitative estimate of drug-likeness (QED) is 0.475. The number of hydrogen-bond donors (Lipinski definition) is 3. The molecule has 29 heavy (non-hydrogen) atoms. The average Bonchev–Trinajstić information content (AvgIpc) is 3.00. The zero-order valence-corrected chi connectivity index (χ0v) is 17.8. The Morgan fingerprint density at radius 2 is 1.72 bits per heavy atom. The van der Waals surface area contributed by atoms with E-state index in [1.165, 1.54) is 24.8 Å². The Morgan fingerprint density at radius 1 is 1.14 bits per heavy atom. The van der Waals surface area contributed by atoms with Gasteiger partial charge in [0.1, 0.15) is 0 Å². The molecule has 2 saturated carbocycles. The van der Waals surface area contributed by atoms with E-state index in [0.717, 1.165) is 19.1 Å². The maximum atomic E-state index is 9.55. The summed E-state index contributed by atoms with van der Waals surface area (Å²) in [5, 5.41) is 18.8. The molecule has 0 aliphatic heterocycles. The van der Waals surface area contributed by atoms with E-state index in [0.29, 0.717) is 17.6 Å². The first kappa shape index (κ1) is 23.1. The number of carbonyl (C=O) groups is 2. The Labute approximate surface area is 173 Å². The molecule has 2 aliphatic carbocycles. The summed E-state index contributed by atoms with van der Waals surface area (Å²) in [6.07, 6.45) is 4.92. The van der Waals surface area contributed by atoms with Gasteiger partial charge in [0, 0.05) is 24.1 Å². The second-order valence-electron chi connectivity index (χ2n) is 8.65. The molecule has 2 bridgehead atoms. The van der Waals surface area contributed by atoms with Gasteiger partial charge < -0.3 is 20.3 Å². The van der Waals surface area contributed by atoms with Crippen molar-refractivity contribution >= 4 is 11.9 Å². The standard InChI is InChI=1S/C19H29NO.C4H4O4/c1-17(2)16-10-11-18(17,3)19(14-16,21-13-12-20-4)15-8-6-5-7-9-15;5-3(6)1-2-4(7)8/h5-9,16,20H,10-14H2,1-4H3;1-2H,(H,5,6)(H,7,8)/b;2-1+/t16-,18-,19+;/m1./s1. The van der Waals surface area contributed by atoms with Crippen LogP contribution < -0.4 is 5.32 Å². The van der Waals surface area contributed by atoms with Gasteiger partial charge in [-0.25, -0.2) is 9.59 Å². The number of carboxylic acids is 2. The fraction of sp³-hybridized carbons (Fsp3) is 0.565. The minimum absolute atomic E-state index is 0.114. The second kappa shape index (κ2) is 9.09. The van der Waals surface area contributed by atoms with E-state index in [4.69, 9.17) is 14.9 Å². The van der Waals surface area contributed by atoms with Crippen LogP contribution in [0, 0.1) is 16.7 Å². The van der Waals surface area contributed by atoms with Crippen LogP contribution in [0.1, 0.15) is 45.6 Å². The first-order chi connectivity index (χ1) is 13.6. The van der Waals surface area contributed by atoms with E-state index in [1.54, 1.807) is 0 Å². The van der Waals surface area contributed by atoms with Crippen LogP contribution in [0.15, 0.2) is 42.5 Å². The number of ether oxygens (including phenoxy) is 1. The highest BCUT2D eigenvalue weighted by atomic mass is 16.5. The Balaban J connectivity index is 0.000000321. The number of hydrogen-bond acceptors (Lipinski definition) is 4. The summed E-state index contributed by atoms with van der Waals surface area (Å²) in [4.78, 5) is 19.1. The lowest BCUT2D eigenvalue weighted by atomic mass is 9.62. The molecule has 0 heterocycles. The molecule has 1 aromatic carbocycles. The topological polar surface area (TPSA) is 95.9 Å². The molecular formula is C23H33NO5. The SMILES string of the molecule is CNCCO[C@]1(c2ccccc2)C[C@H]2CC[C@]1(C)C2(C)C.O=C(O)/C=C/C(=O)O. The normalized spacial score (nSPS) is 29.4. The summed E-state index contributed by atoms with van der Waals surface area (Å²) >= 11 is 0. The van der Waals surface area contributed by atoms with Gasteiger partial charge in [-0.1, -0.05) is 51.1 Å². The number of carboxylic acid groups (broad SMARTS) is 2. The summed E-state index contributed by atoms with van der Waals surface area (Å²) < 4.78 is 6.63. The van der Waals surface area contributed by atoms with Crippen molar-refractivity contribution in [2.24, 2.45) is 16.7 Å². The summed E-state index contributed by atoms with van der Waals surface area (Å²) in [6.45, 7) is 9.07. The maximum absolute atomic E-state index is 9.55. The molecule has 2 fully saturated rings. The molecule has 0 radical (unpaired) electrons. The van der Waals surface area contributed by atoms with Crippen LogP contribution in [0.2, 0.25) is 0 Å². The first-order valence-electron chi connectivity index (χ1n) is 10.1. The second-order valence-corrected chi connectivity index (χ2v) is 8.65. The summed E-state index contributed by atoms with van der Waals surface area (Å²) in [7, 11) is 1.99. The third-order valence-corrected chi connectivity index (χ3v) is 7.17. The van der Waals surface area contributed by atoms with Crippen molar-refractivity contribution in [2.75, 3.05) is 20.2 Å². The molecular weight excluding hydrogens is 370 g/mol. The van der Waals surface area contributed by atoms with Crippen molar-refractivity contribution in [3.05, 3.63) is 48.0 Å². The molecule has 3 atom stereocenters. The third kappa shape index (κ3) is 4.38. The van der Waals surface area contributed by atoms with E-state index in [9.17, 15) is 9.59 Å². The van der Waals surface area contributed by atoms with Gasteiger partial charge in [-0.15, -0.1) is 0 Å². The van der Waals surface area contributed by atoms with Crippen LogP contribution in [0.4, 0.5) is 0 Å². The van der Waals surface area contributed by atoms with Crippen LogP contribution in [0.25, 0.3) is 0 Å². The van der Waals surface area contributed by atoms with Crippen LogP contribution in [0.3, 0.4) is 0 Å². The third-order valence-electron chi connectivity index (χ3n) is 7.17. The largest absolute Gasteiger partial charge is 0.478 e. The molecule has 1 aromatic rings. The van der Waals surface area contributed by atoms with E-state index in [2.05, 4.69) is 56.4 Å². The van der Waals surface area contributed by atoms with Crippen LogP contribution in [-0.4, -0.2) is 42.4 Å². The van der Waals surface area contributed by atoms with Gasteiger partial charge in [0.2, 0.25) is 0 Å². The molecule has 0 unspecified atom stereocenters. The van der Waals surface area contributed by atoms with Gasteiger partial charge in [-0.3, -0.25) is 0 Å². The highest BCUT2D eigenvalue weighted by Crippen LogP contribution is 2.73. The summed E-state index contributed by atoms with van der Waals surface area (Å²) in [5.41, 5.74) is 1.83. The van der Waals surface area contributed by atoms with Gasteiger partial charge >= 0.3 is 11.9 Å². The average molecular weight is 404 g/mol. The van der Waals surface area contributed by atoms with E-state index in [-0.39, 0.29) is 11.0 Å². The van der Waals surface area contributed by atoms with Crippen molar-refractivity contribution in [3.63, 3.8) is 0 Å². The molecule has 160 valence electrons. The predicted octanol–water partition coefficient (Wildman–Crippen LogP) is 3.68. The minimum Gasteiger partial charge on any atom is -0.478 e. The molecule has 6 nitrogen and oxygen atoms in total. The highest BCUT2D eigenvalue weighted by molar-refractivity contribution is 5.89. The van der Waals surface area contributed by atoms with Crippen molar-refractivity contribution < 1.29 is 24.5 Å². The van der Waals surface area contributed by atoms with Crippen molar-refractivity contribution in [1.82, 2.24) is 5.32 Å². The fourth-order valence-corrected chi connectivity index (χ4v) is 5.16. The zero-order chi connectivity index (χ0) is 21.7. The van der Waals surface area contributed by atoms with Gasteiger partial charge in [0.15, 0.2) is 0 Å². The molecule has 2 aliphatic rings. The monoisotopic (exact) mass is 403 g/mol. The number of benzene rings is 1. The molecule has 6 heteroatoms. The highest BCUT2D eigenvalue weighted by Gasteiger charge is 2.69. The maximum Gasteiger partial charge on any atom is 0.328 e. The van der Waals surface area contributed by atoms with Gasteiger partial charge in [-0.05, 0) is 43.2 Å². The lowest BCUT2D eigenvalue weighted by Gasteiger charge is -2.49. The molecule has 3 N–H and O–H groups in total. The number of aliphatic carboxylic acids is 2. The smallest absolute Gasteiger partial charge is 0.328 e. The van der Waals surface area contributed by atoms with E-state index >= 15 is 0 Å². The Hall–Kier alpha value is -2.18. The summed E-state index contributed by atoms with van der Waals surface area (Å²) in [6, 6.07) is 10.9. The van der Waals surface area contributed by atoms with Crippen LogP contribution >= 0.6 is 0 Å². The van der Waals surface area contributed by atoms with E-state index < -0.39 is 11.9 Å². The number of fused-ring (bicyclic) bond motifs is 2. The number of likely N-dealkylation sites (N-methyl/N-ethyl adjacent to an activating group) is 1. The Kier molecular flexibility index (Phi) is 7.25. The van der Waals surface area contributed by atoms with Crippen molar-refractivity contribution in [2.45, 2.75) is 45.6 Å². The minimum atomic E-state index is -1.26. The molecule has 0 aromatic heterocycles. The number of rotatable bonds is 7. The van der Waals surface area contributed by atoms with Gasteiger partial charge in [0.25, 0.3) is 0 Å². The van der Waals surface area contributed by atoms with E-state index in [1.807, 2.05) is 7.05 Å².